The van der Waals surface area contributed by atoms with E-state index in [0.29, 0.717) is 17.1 Å². The normalized spacial score (nSPS) is 13.6. The Balaban J connectivity index is 1.16. The van der Waals surface area contributed by atoms with Gasteiger partial charge in [0.2, 0.25) is 6.79 Å². The second-order valence-electron chi connectivity index (χ2n) is 7.39. The lowest BCUT2D eigenvalue weighted by molar-refractivity contribution is -0.148. The molecule has 0 fully saturated rings. The number of esters is 1. The van der Waals surface area contributed by atoms with Gasteiger partial charge in [-0.25, -0.2) is 0 Å². The summed E-state index contributed by atoms with van der Waals surface area (Å²) in [4.78, 5) is 36.1. The number of benzene rings is 2. The Kier molecular flexibility index (Phi) is 5.97. The van der Waals surface area contributed by atoms with E-state index in [1.807, 2.05) is 24.3 Å². The topological polar surface area (TPSA) is 90.9 Å². The van der Waals surface area contributed by atoms with Crippen LogP contribution in [0.5, 0.6) is 11.5 Å². The van der Waals surface area contributed by atoms with Crippen molar-refractivity contribution >= 4 is 17.7 Å². The minimum absolute atomic E-state index is 0.0502. The highest BCUT2D eigenvalue weighted by Gasteiger charge is 2.16. The largest absolute Gasteiger partial charge is 0.456 e. The molecule has 1 N–H and O–H groups in total. The van der Waals surface area contributed by atoms with Crippen LogP contribution in [-0.4, -0.2) is 31.1 Å². The summed E-state index contributed by atoms with van der Waals surface area (Å²) >= 11 is 0. The third kappa shape index (κ3) is 4.79. The van der Waals surface area contributed by atoms with Gasteiger partial charge < -0.3 is 19.5 Å². The van der Waals surface area contributed by atoms with E-state index in [4.69, 9.17) is 14.2 Å². The van der Waals surface area contributed by atoms with Gasteiger partial charge in [-0.1, -0.05) is 18.2 Å². The Labute approximate surface area is 174 Å². The van der Waals surface area contributed by atoms with Gasteiger partial charge >= 0.3 is 5.97 Å². The van der Waals surface area contributed by atoms with Gasteiger partial charge in [0.25, 0.3) is 5.91 Å². The SMILES string of the molecule is O=C(COC(=O)CCC(=O)c1ccc2c(c1)CCC2)NCc1ccc2c(c1)OCO2. The van der Waals surface area contributed by atoms with E-state index in [2.05, 4.69) is 5.32 Å². The summed E-state index contributed by atoms with van der Waals surface area (Å²) in [7, 11) is 0. The summed E-state index contributed by atoms with van der Waals surface area (Å²) < 4.78 is 15.5. The van der Waals surface area contributed by atoms with Crippen LogP contribution in [0.4, 0.5) is 0 Å². The molecule has 2 aliphatic rings. The van der Waals surface area contributed by atoms with E-state index in [0.717, 1.165) is 24.8 Å². The predicted molar refractivity (Wildman–Crippen MR) is 107 cm³/mol. The Hall–Kier alpha value is -3.35. The predicted octanol–water partition coefficient (Wildman–Crippen LogP) is 2.73. The van der Waals surface area contributed by atoms with Crippen molar-refractivity contribution in [2.45, 2.75) is 38.6 Å². The molecule has 4 rings (SSSR count). The zero-order valence-electron chi connectivity index (χ0n) is 16.6. The number of rotatable bonds is 8. The third-order valence-electron chi connectivity index (χ3n) is 5.27. The zero-order valence-corrected chi connectivity index (χ0v) is 16.6. The number of carbonyl (C=O) groups excluding carboxylic acids is 3. The van der Waals surface area contributed by atoms with Crippen molar-refractivity contribution in [1.82, 2.24) is 5.32 Å². The van der Waals surface area contributed by atoms with Gasteiger partial charge in [0.15, 0.2) is 23.9 Å². The van der Waals surface area contributed by atoms with Crippen molar-refractivity contribution in [3.63, 3.8) is 0 Å². The molecular weight excluding hydrogens is 386 g/mol. The van der Waals surface area contributed by atoms with Crippen molar-refractivity contribution in [2.24, 2.45) is 0 Å². The highest BCUT2D eigenvalue weighted by atomic mass is 16.7. The maximum absolute atomic E-state index is 12.3. The average Bonchev–Trinajstić information content (AvgIpc) is 3.42. The van der Waals surface area contributed by atoms with Crippen LogP contribution in [0.15, 0.2) is 36.4 Å². The summed E-state index contributed by atoms with van der Waals surface area (Å²) in [5, 5.41) is 2.68. The summed E-state index contributed by atoms with van der Waals surface area (Å²) in [6, 6.07) is 11.1. The van der Waals surface area contributed by atoms with Gasteiger partial charge in [0.05, 0.1) is 6.42 Å². The molecule has 0 atom stereocenters. The van der Waals surface area contributed by atoms with E-state index in [-0.39, 0.29) is 38.6 Å². The Morgan fingerprint density at radius 1 is 0.933 bits per heavy atom. The van der Waals surface area contributed by atoms with E-state index in [9.17, 15) is 14.4 Å². The van der Waals surface area contributed by atoms with E-state index in [1.165, 1.54) is 11.1 Å². The summed E-state index contributed by atoms with van der Waals surface area (Å²) in [6.07, 6.45) is 3.20. The number of nitrogens with one attached hydrogen (secondary N) is 1. The molecule has 0 saturated carbocycles. The number of ether oxygens (including phenoxy) is 3. The molecule has 0 radical (unpaired) electrons. The van der Waals surface area contributed by atoms with Gasteiger partial charge in [0, 0.05) is 18.5 Å². The fourth-order valence-corrected chi connectivity index (χ4v) is 3.63. The van der Waals surface area contributed by atoms with Crippen LogP contribution in [0.2, 0.25) is 0 Å². The molecule has 1 aliphatic carbocycles. The quantitative estimate of drug-likeness (QED) is 0.533. The van der Waals surface area contributed by atoms with Crippen LogP contribution in [0.25, 0.3) is 0 Å². The van der Waals surface area contributed by atoms with Crippen LogP contribution in [0, 0.1) is 0 Å². The molecule has 0 spiro atoms. The number of amides is 1. The molecule has 7 nitrogen and oxygen atoms in total. The first-order valence-corrected chi connectivity index (χ1v) is 10.0. The minimum atomic E-state index is -0.567. The van der Waals surface area contributed by atoms with Crippen molar-refractivity contribution in [2.75, 3.05) is 13.4 Å². The zero-order chi connectivity index (χ0) is 20.9. The second kappa shape index (κ2) is 8.98. The highest BCUT2D eigenvalue weighted by molar-refractivity contribution is 5.98. The number of ketones is 1. The summed E-state index contributed by atoms with van der Waals surface area (Å²) in [6.45, 7) is 0.0936. The molecule has 1 heterocycles. The monoisotopic (exact) mass is 409 g/mol. The molecule has 0 bridgehead atoms. The van der Waals surface area contributed by atoms with Gasteiger partial charge in [-0.2, -0.15) is 0 Å². The molecule has 0 aromatic heterocycles. The van der Waals surface area contributed by atoms with Crippen LogP contribution < -0.4 is 14.8 Å². The molecule has 7 heteroatoms. The summed E-state index contributed by atoms with van der Waals surface area (Å²) in [5.74, 6) is 0.247. The van der Waals surface area contributed by atoms with Gasteiger partial charge in [0.1, 0.15) is 0 Å². The van der Waals surface area contributed by atoms with Crippen molar-refractivity contribution < 1.29 is 28.6 Å². The minimum Gasteiger partial charge on any atom is -0.456 e. The Bertz CT molecular complexity index is 984. The van der Waals surface area contributed by atoms with Crippen LogP contribution in [0.3, 0.4) is 0 Å². The first-order chi connectivity index (χ1) is 14.6. The fraction of sp³-hybridized carbons (Fsp3) is 0.348. The molecule has 156 valence electrons. The van der Waals surface area contributed by atoms with Crippen LogP contribution in [-0.2, 0) is 33.7 Å². The number of hydrogen-bond acceptors (Lipinski definition) is 6. The third-order valence-corrected chi connectivity index (χ3v) is 5.27. The maximum Gasteiger partial charge on any atom is 0.306 e. The molecular formula is C23H23NO6. The van der Waals surface area contributed by atoms with Crippen molar-refractivity contribution in [3.8, 4) is 11.5 Å². The number of aryl methyl sites for hydroxylation is 2. The van der Waals surface area contributed by atoms with Crippen LogP contribution >= 0.6 is 0 Å². The van der Waals surface area contributed by atoms with E-state index >= 15 is 0 Å². The smallest absolute Gasteiger partial charge is 0.306 e. The van der Waals surface area contributed by atoms with Crippen LogP contribution in [0.1, 0.15) is 46.3 Å². The lowest BCUT2D eigenvalue weighted by Gasteiger charge is -2.08. The summed E-state index contributed by atoms with van der Waals surface area (Å²) in [5.41, 5.74) is 4.00. The number of fused-ring (bicyclic) bond motifs is 2. The van der Waals surface area contributed by atoms with Gasteiger partial charge in [-0.15, -0.1) is 0 Å². The fourth-order valence-electron chi connectivity index (χ4n) is 3.63. The number of hydrogen-bond donors (Lipinski definition) is 1. The average molecular weight is 409 g/mol. The number of carbonyl (C=O) groups is 3. The standard InChI is InChI=1S/C23H23NO6/c25-19(18-6-5-16-2-1-3-17(16)11-18)7-9-23(27)28-13-22(26)24-12-15-4-8-20-21(10-15)30-14-29-20/h4-6,8,10-11H,1-3,7,9,12-14H2,(H,24,26). The molecule has 1 amide bonds. The molecule has 2 aromatic rings. The van der Waals surface area contributed by atoms with Gasteiger partial charge in [-0.05, 0) is 54.2 Å². The van der Waals surface area contributed by atoms with Crippen molar-refractivity contribution in [1.29, 1.82) is 0 Å². The van der Waals surface area contributed by atoms with E-state index in [1.54, 1.807) is 12.1 Å². The lowest BCUT2D eigenvalue weighted by atomic mass is 10.0. The molecule has 0 saturated heterocycles. The molecule has 0 unspecified atom stereocenters. The molecule has 1 aliphatic heterocycles. The Morgan fingerprint density at radius 2 is 1.77 bits per heavy atom. The Morgan fingerprint density at radius 3 is 2.67 bits per heavy atom. The molecule has 30 heavy (non-hydrogen) atoms. The second-order valence-corrected chi connectivity index (χ2v) is 7.39. The van der Waals surface area contributed by atoms with E-state index < -0.39 is 11.9 Å². The lowest BCUT2D eigenvalue weighted by Crippen LogP contribution is -2.28. The highest BCUT2D eigenvalue weighted by Crippen LogP contribution is 2.32. The van der Waals surface area contributed by atoms with Crippen molar-refractivity contribution in [3.05, 3.63) is 58.7 Å². The molecule has 2 aromatic carbocycles. The first-order valence-electron chi connectivity index (χ1n) is 10.0. The van der Waals surface area contributed by atoms with Gasteiger partial charge in [-0.3, -0.25) is 14.4 Å². The number of Topliss-reactive ketones (excluding diaryl/α,β-unsaturated/α-hetero) is 1. The maximum atomic E-state index is 12.3. The first kappa shape index (κ1) is 19.9.